The topological polar surface area (TPSA) is 102 Å². The molecule has 150 valence electrons. The molecule has 1 aliphatic heterocycles. The number of nitrogens with one attached hydrogen (secondary N) is 1. The molecule has 1 aliphatic rings. The van der Waals surface area contributed by atoms with Crippen molar-refractivity contribution in [3.63, 3.8) is 0 Å². The highest BCUT2D eigenvalue weighted by Gasteiger charge is 2.37. The fourth-order valence-corrected chi connectivity index (χ4v) is 2.94. The summed E-state index contributed by atoms with van der Waals surface area (Å²) in [7, 11) is 1.54. The van der Waals surface area contributed by atoms with E-state index in [0.29, 0.717) is 11.4 Å². The number of imide groups is 1. The average molecular weight is 396 g/mol. The van der Waals surface area contributed by atoms with Crippen LogP contribution in [0.4, 0.5) is 5.69 Å². The summed E-state index contributed by atoms with van der Waals surface area (Å²) in [6.45, 7) is 2.98. The van der Waals surface area contributed by atoms with Crippen LogP contribution in [-0.2, 0) is 9.53 Å². The standard InChI is InChI=1S/C21H20N2O6/c1-12(2)23-19(25)16-9-4-13(10-17(16)20(23)26)21(27)29-11-18(24)22-14-5-7-15(28-3)8-6-14/h4-10,12H,11H2,1-3H3,(H,22,24). The number of amides is 3. The molecule has 8 nitrogen and oxygen atoms in total. The highest BCUT2D eigenvalue weighted by Crippen LogP contribution is 2.26. The van der Waals surface area contributed by atoms with Crippen LogP contribution in [0.3, 0.4) is 0 Å². The zero-order chi connectivity index (χ0) is 21.1. The van der Waals surface area contributed by atoms with E-state index in [1.54, 1.807) is 38.1 Å². The highest BCUT2D eigenvalue weighted by atomic mass is 16.5. The van der Waals surface area contributed by atoms with E-state index < -0.39 is 30.3 Å². The molecule has 0 fully saturated rings. The molecule has 1 N–H and O–H groups in total. The van der Waals surface area contributed by atoms with Crippen LogP contribution in [0.25, 0.3) is 0 Å². The fraction of sp³-hybridized carbons (Fsp3) is 0.238. The molecular weight excluding hydrogens is 376 g/mol. The molecule has 0 spiro atoms. The zero-order valence-electron chi connectivity index (χ0n) is 16.2. The van der Waals surface area contributed by atoms with Crippen LogP contribution in [0.2, 0.25) is 0 Å². The Bertz CT molecular complexity index is 981. The number of carbonyl (C=O) groups is 4. The van der Waals surface area contributed by atoms with Gasteiger partial charge in [0, 0.05) is 11.7 Å². The number of hydrogen-bond acceptors (Lipinski definition) is 6. The summed E-state index contributed by atoms with van der Waals surface area (Å²) in [6.07, 6.45) is 0. The van der Waals surface area contributed by atoms with E-state index in [2.05, 4.69) is 5.32 Å². The molecule has 0 saturated heterocycles. The van der Waals surface area contributed by atoms with Gasteiger partial charge in [0.2, 0.25) is 0 Å². The molecular formula is C21H20N2O6. The Kier molecular flexibility index (Phi) is 5.63. The summed E-state index contributed by atoms with van der Waals surface area (Å²) in [6, 6.07) is 10.5. The Balaban J connectivity index is 1.62. The van der Waals surface area contributed by atoms with E-state index in [-0.39, 0.29) is 22.7 Å². The molecule has 0 aliphatic carbocycles. The number of anilines is 1. The van der Waals surface area contributed by atoms with E-state index in [0.717, 1.165) is 4.90 Å². The van der Waals surface area contributed by atoms with Gasteiger partial charge in [-0.05, 0) is 56.3 Å². The second kappa shape index (κ2) is 8.14. The number of nitrogens with zero attached hydrogens (tertiary/aromatic N) is 1. The Morgan fingerprint density at radius 1 is 1.00 bits per heavy atom. The first-order chi connectivity index (χ1) is 13.8. The molecule has 0 unspecified atom stereocenters. The Hall–Kier alpha value is -3.68. The van der Waals surface area contributed by atoms with Gasteiger partial charge in [0.25, 0.3) is 17.7 Å². The lowest BCUT2D eigenvalue weighted by atomic mass is 10.1. The molecule has 0 atom stereocenters. The van der Waals surface area contributed by atoms with Gasteiger partial charge < -0.3 is 14.8 Å². The van der Waals surface area contributed by atoms with Crippen molar-refractivity contribution in [2.45, 2.75) is 19.9 Å². The average Bonchev–Trinajstić information content (AvgIpc) is 2.96. The molecule has 29 heavy (non-hydrogen) atoms. The minimum atomic E-state index is -0.763. The third-order valence-electron chi connectivity index (χ3n) is 4.38. The molecule has 0 bridgehead atoms. The third kappa shape index (κ3) is 4.11. The monoisotopic (exact) mass is 396 g/mol. The second-order valence-corrected chi connectivity index (χ2v) is 6.69. The van der Waals surface area contributed by atoms with Crippen LogP contribution in [0.1, 0.15) is 44.9 Å². The molecule has 3 rings (SSSR count). The minimum absolute atomic E-state index is 0.0905. The predicted octanol–water partition coefficient (Wildman–Crippen LogP) is 2.50. The number of esters is 1. The summed E-state index contributed by atoms with van der Waals surface area (Å²) in [5.41, 5.74) is 1.02. The van der Waals surface area contributed by atoms with E-state index in [4.69, 9.17) is 9.47 Å². The summed E-state index contributed by atoms with van der Waals surface area (Å²) < 4.78 is 10.1. The van der Waals surface area contributed by atoms with Gasteiger partial charge in [0.05, 0.1) is 23.8 Å². The minimum Gasteiger partial charge on any atom is -0.497 e. The molecule has 1 heterocycles. The Morgan fingerprint density at radius 3 is 2.28 bits per heavy atom. The van der Waals surface area contributed by atoms with Gasteiger partial charge in [-0.25, -0.2) is 4.79 Å². The van der Waals surface area contributed by atoms with Crippen LogP contribution < -0.4 is 10.1 Å². The molecule has 0 radical (unpaired) electrons. The lowest BCUT2D eigenvalue weighted by Crippen LogP contribution is -2.35. The van der Waals surface area contributed by atoms with Gasteiger partial charge in [-0.2, -0.15) is 0 Å². The first-order valence-electron chi connectivity index (χ1n) is 8.94. The lowest BCUT2D eigenvalue weighted by molar-refractivity contribution is -0.119. The van der Waals surface area contributed by atoms with Crippen molar-refractivity contribution in [3.05, 3.63) is 59.2 Å². The van der Waals surface area contributed by atoms with Crippen LogP contribution in [0.5, 0.6) is 5.75 Å². The number of rotatable bonds is 6. The molecule has 2 aromatic carbocycles. The van der Waals surface area contributed by atoms with Crippen molar-refractivity contribution < 1.29 is 28.7 Å². The summed E-state index contributed by atoms with van der Waals surface area (Å²) in [5, 5.41) is 2.60. The van der Waals surface area contributed by atoms with Crippen molar-refractivity contribution in [1.82, 2.24) is 4.90 Å². The molecule has 8 heteroatoms. The Morgan fingerprint density at radius 2 is 1.66 bits per heavy atom. The first kappa shape index (κ1) is 20.1. The smallest absolute Gasteiger partial charge is 0.338 e. The van der Waals surface area contributed by atoms with E-state index >= 15 is 0 Å². The number of methoxy groups -OCH3 is 1. The van der Waals surface area contributed by atoms with Crippen LogP contribution >= 0.6 is 0 Å². The third-order valence-corrected chi connectivity index (χ3v) is 4.38. The van der Waals surface area contributed by atoms with Crippen LogP contribution in [0.15, 0.2) is 42.5 Å². The molecule has 0 saturated carbocycles. The van der Waals surface area contributed by atoms with Crippen LogP contribution in [-0.4, -0.2) is 48.3 Å². The molecule has 0 aromatic heterocycles. The van der Waals surface area contributed by atoms with Gasteiger partial charge in [0.15, 0.2) is 6.61 Å². The van der Waals surface area contributed by atoms with Gasteiger partial charge in [-0.15, -0.1) is 0 Å². The van der Waals surface area contributed by atoms with Crippen molar-refractivity contribution in [1.29, 1.82) is 0 Å². The van der Waals surface area contributed by atoms with Crippen molar-refractivity contribution in [2.75, 3.05) is 19.0 Å². The maximum Gasteiger partial charge on any atom is 0.338 e. The predicted molar refractivity (Wildman–Crippen MR) is 104 cm³/mol. The fourth-order valence-electron chi connectivity index (χ4n) is 2.94. The van der Waals surface area contributed by atoms with Gasteiger partial charge in [-0.3, -0.25) is 19.3 Å². The zero-order valence-corrected chi connectivity index (χ0v) is 16.2. The van der Waals surface area contributed by atoms with E-state index in [1.165, 1.54) is 25.3 Å². The highest BCUT2D eigenvalue weighted by molar-refractivity contribution is 6.22. The maximum absolute atomic E-state index is 12.4. The number of fused-ring (bicyclic) bond motifs is 1. The van der Waals surface area contributed by atoms with Crippen molar-refractivity contribution in [3.8, 4) is 5.75 Å². The molecule has 3 amide bonds. The van der Waals surface area contributed by atoms with E-state index in [9.17, 15) is 19.2 Å². The lowest BCUT2D eigenvalue weighted by Gasteiger charge is -2.17. The SMILES string of the molecule is COc1ccc(NC(=O)COC(=O)c2ccc3c(c2)C(=O)N(C(C)C)C3=O)cc1. The number of carbonyl (C=O) groups excluding carboxylic acids is 4. The van der Waals surface area contributed by atoms with E-state index in [1.807, 2.05) is 0 Å². The van der Waals surface area contributed by atoms with Gasteiger partial charge >= 0.3 is 5.97 Å². The van der Waals surface area contributed by atoms with Crippen molar-refractivity contribution >= 4 is 29.4 Å². The first-order valence-corrected chi connectivity index (χ1v) is 8.94. The number of ether oxygens (including phenoxy) is 2. The largest absolute Gasteiger partial charge is 0.497 e. The second-order valence-electron chi connectivity index (χ2n) is 6.69. The Labute approximate surface area is 167 Å². The number of hydrogen-bond donors (Lipinski definition) is 1. The van der Waals surface area contributed by atoms with Crippen molar-refractivity contribution in [2.24, 2.45) is 0 Å². The number of benzene rings is 2. The van der Waals surface area contributed by atoms with Crippen LogP contribution in [0, 0.1) is 0 Å². The van der Waals surface area contributed by atoms with Gasteiger partial charge in [0.1, 0.15) is 5.75 Å². The maximum atomic E-state index is 12.4. The normalized spacial score (nSPS) is 12.8. The molecule has 2 aromatic rings. The quantitative estimate of drug-likeness (QED) is 0.595. The summed E-state index contributed by atoms with van der Waals surface area (Å²) in [4.78, 5) is 50.1. The summed E-state index contributed by atoms with van der Waals surface area (Å²) in [5.74, 6) is -1.47. The van der Waals surface area contributed by atoms with Gasteiger partial charge in [-0.1, -0.05) is 0 Å². The summed E-state index contributed by atoms with van der Waals surface area (Å²) >= 11 is 0.